The van der Waals surface area contributed by atoms with E-state index in [-0.39, 0.29) is 5.54 Å². The maximum Gasteiger partial charge on any atom is 0.0414 e. The van der Waals surface area contributed by atoms with E-state index in [1.807, 2.05) is 0 Å². The minimum atomic E-state index is 0.163. The molecule has 1 N–H and O–H groups in total. The van der Waals surface area contributed by atoms with Crippen LogP contribution in [-0.4, -0.2) is 29.6 Å². The Hall–Kier alpha value is -0.670. The van der Waals surface area contributed by atoms with Gasteiger partial charge in [0.05, 0.1) is 0 Å². The predicted molar refractivity (Wildman–Crippen MR) is 87.2 cm³/mol. The SMILES string of the molecule is CC1CSCCN1c1ccccc1CNC(C)(C)C. The van der Waals surface area contributed by atoms with Crippen molar-refractivity contribution in [1.29, 1.82) is 0 Å². The number of nitrogens with one attached hydrogen (secondary N) is 1. The number of para-hydroxylation sites is 1. The van der Waals surface area contributed by atoms with Crippen molar-refractivity contribution in [2.75, 3.05) is 23.0 Å². The molecule has 3 heteroatoms. The summed E-state index contributed by atoms with van der Waals surface area (Å²) >= 11 is 2.07. The summed E-state index contributed by atoms with van der Waals surface area (Å²) in [7, 11) is 0. The topological polar surface area (TPSA) is 15.3 Å². The third-order valence-electron chi connectivity index (χ3n) is 3.48. The second kappa shape index (κ2) is 6.19. The molecular formula is C16H26N2S. The Morgan fingerprint density at radius 2 is 2.05 bits per heavy atom. The molecule has 2 nitrogen and oxygen atoms in total. The summed E-state index contributed by atoms with van der Waals surface area (Å²) in [6, 6.07) is 9.46. The van der Waals surface area contributed by atoms with Crippen LogP contribution in [0, 0.1) is 0 Å². The third kappa shape index (κ3) is 4.15. The number of benzene rings is 1. The van der Waals surface area contributed by atoms with Crippen LogP contribution in [0.1, 0.15) is 33.3 Å². The van der Waals surface area contributed by atoms with Crippen molar-refractivity contribution in [3.8, 4) is 0 Å². The van der Waals surface area contributed by atoms with Crippen molar-refractivity contribution >= 4 is 17.4 Å². The fourth-order valence-electron chi connectivity index (χ4n) is 2.39. The molecule has 1 unspecified atom stereocenters. The van der Waals surface area contributed by atoms with E-state index in [4.69, 9.17) is 0 Å². The quantitative estimate of drug-likeness (QED) is 0.911. The van der Waals surface area contributed by atoms with Crippen LogP contribution < -0.4 is 10.2 Å². The molecule has 0 aromatic heterocycles. The van der Waals surface area contributed by atoms with Crippen LogP contribution in [0.25, 0.3) is 0 Å². The molecule has 0 amide bonds. The number of nitrogens with zero attached hydrogens (tertiary/aromatic N) is 1. The van der Waals surface area contributed by atoms with Crippen molar-refractivity contribution in [2.24, 2.45) is 0 Å². The fraction of sp³-hybridized carbons (Fsp3) is 0.625. The summed E-state index contributed by atoms with van der Waals surface area (Å²) in [5, 5.41) is 3.60. The summed E-state index contributed by atoms with van der Waals surface area (Å²) in [5.74, 6) is 2.48. The second-order valence-electron chi connectivity index (χ2n) is 6.35. The first-order chi connectivity index (χ1) is 8.97. The van der Waals surface area contributed by atoms with Gasteiger partial charge < -0.3 is 10.2 Å². The molecule has 0 spiro atoms. The number of rotatable bonds is 3. The Kier molecular flexibility index (Phi) is 4.80. The number of thioether (sulfide) groups is 1. The van der Waals surface area contributed by atoms with Gasteiger partial charge in [0.1, 0.15) is 0 Å². The maximum absolute atomic E-state index is 3.60. The lowest BCUT2D eigenvalue weighted by Gasteiger charge is -2.36. The average Bonchev–Trinajstić information content (AvgIpc) is 2.37. The molecule has 1 aliphatic heterocycles. The van der Waals surface area contributed by atoms with E-state index < -0.39 is 0 Å². The van der Waals surface area contributed by atoms with Crippen molar-refractivity contribution in [3.05, 3.63) is 29.8 Å². The second-order valence-corrected chi connectivity index (χ2v) is 7.50. The van der Waals surface area contributed by atoms with E-state index in [1.165, 1.54) is 29.3 Å². The van der Waals surface area contributed by atoms with Gasteiger partial charge in [0.15, 0.2) is 0 Å². The van der Waals surface area contributed by atoms with E-state index >= 15 is 0 Å². The minimum absolute atomic E-state index is 0.163. The summed E-state index contributed by atoms with van der Waals surface area (Å²) < 4.78 is 0. The van der Waals surface area contributed by atoms with Crippen molar-refractivity contribution < 1.29 is 0 Å². The van der Waals surface area contributed by atoms with Crippen molar-refractivity contribution in [3.63, 3.8) is 0 Å². The molecule has 1 atom stereocenters. The zero-order valence-corrected chi connectivity index (χ0v) is 13.4. The van der Waals surface area contributed by atoms with Gasteiger partial charge in [0.25, 0.3) is 0 Å². The molecule has 0 radical (unpaired) electrons. The fourth-order valence-corrected chi connectivity index (χ4v) is 3.40. The molecule has 2 rings (SSSR count). The van der Waals surface area contributed by atoms with Gasteiger partial charge >= 0.3 is 0 Å². The van der Waals surface area contributed by atoms with Gasteiger partial charge in [-0.05, 0) is 39.3 Å². The molecule has 106 valence electrons. The monoisotopic (exact) mass is 278 g/mol. The average molecular weight is 278 g/mol. The van der Waals surface area contributed by atoms with Crippen LogP contribution in [0.4, 0.5) is 5.69 Å². The van der Waals surface area contributed by atoms with E-state index in [9.17, 15) is 0 Å². The Balaban J connectivity index is 2.15. The zero-order valence-electron chi connectivity index (χ0n) is 12.6. The molecule has 1 aromatic carbocycles. The van der Waals surface area contributed by atoms with E-state index in [0.717, 1.165) is 6.54 Å². The van der Waals surface area contributed by atoms with Gasteiger partial charge in [-0.1, -0.05) is 18.2 Å². The highest BCUT2D eigenvalue weighted by atomic mass is 32.2. The molecule has 1 heterocycles. The number of anilines is 1. The molecule has 1 fully saturated rings. The summed E-state index contributed by atoms with van der Waals surface area (Å²) in [6.45, 7) is 11.1. The molecule has 0 bridgehead atoms. The van der Waals surface area contributed by atoms with Crippen LogP contribution in [-0.2, 0) is 6.54 Å². The van der Waals surface area contributed by atoms with Crippen molar-refractivity contribution in [2.45, 2.75) is 45.8 Å². The molecule has 0 aliphatic carbocycles. The normalized spacial score (nSPS) is 20.6. The van der Waals surface area contributed by atoms with Crippen LogP contribution in [0.15, 0.2) is 24.3 Å². The van der Waals surface area contributed by atoms with Crippen LogP contribution in [0.2, 0.25) is 0 Å². The first-order valence-electron chi connectivity index (χ1n) is 7.15. The summed E-state index contributed by atoms with van der Waals surface area (Å²) in [6.07, 6.45) is 0. The molecule has 19 heavy (non-hydrogen) atoms. The Morgan fingerprint density at radius 3 is 2.74 bits per heavy atom. The summed E-state index contributed by atoms with van der Waals surface area (Å²) in [4.78, 5) is 2.57. The minimum Gasteiger partial charge on any atom is -0.367 e. The van der Waals surface area contributed by atoms with Gasteiger partial charge in [-0.2, -0.15) is 11.8 Å². The van der Waals surface area contributed by atoms with Crippen LogP contribution in [0.5, 0.6) is 0 Å². The lowest BCUT2D eigenvalue weighted by atomic mass is 10.1. The Morgan fingerprint density at radius 1 is 1.32 bits per heavy atom. The van der Waals surface area contributed by atoms with Crippen LogP contribution in [0.3, 0.4) is 0 Å². The van der Waals surface area contributed by atoms with Gasteiger partial charge in [0, 0.05) is 41.9 Å². The summed E-state index contributed by atoms with van der Waals surface area (Å²) in [5.41, 5.74) is 2.99. The smallest absolute Gasteiger partial charge is 0.0414 e. The first kappa shape index (κ1) is 14.7. The lowest BCUT2D eigenvalue weighted by Crippen LogP contribution is -2.41. The van der Waals surface area contributed by atoms with Gasteiger partial charge in [-0.3, -0.25) is 0 Å². The van der Waals surface area contributed by atoms with Crippen molar-refractivity contribution in [1.82, 2.24) is 5.32 Å². The van der Waals surface area contributed by atoms with Gasteiger partial charge in [-0.25, -0.2) is 0 Å². The van der Waals surface area contributed by atoms with E-state index in [0.29, 0.717) is 6.04 Å². The Labute approximate surface area is 122 Å². The largest absolute Gasteiger partial charge is 0.367 e. The molecule has 1 saturated heterocycles. The molecule has 1 aliphatic rings. The van der Waals surface area contributed by atoms with E-state index in [2.05, 4.69) is 73.9 Å². The van der Waals surface area contributed by atoms with Gasteiger partial charge in [-0.15, -0.1) is 0 Å². The zero-order chi connectivity index (χ0) is 13.9. The predicted octanol–water partition coefficient (Wildman–Crippen LogP) is 3.52. The first-order valence-corrected chi connectivity index (χ1v) is 8.30. The maximum atomic E-state index is 3.60. The standard InChI is InChI=1S/C16H26N2S/c1-13-12-19-10-9-18(13)15-8-6-5-7-14(15)11-17-16(2,3)4/h5-8,13,17H,9-12H2,1-4H3. The highest BCUT2D eigenvalue weighted by molar-refractivity contribution is 7.99. The third-order valence-corrected chi connectivity index (χ3v) is 4.67. The van der Waals surface area contributed by atoms with Crippen LogP contribution >= 0.6 is 11.8 Å². The lowest BCUT2D eigenvalue weighted by molar-refractivity contribution is 0.424. The highest BCUT2D eigenvalue weighted by Crippen LogP contribution is 2.27. The van der Waals surface area contributed by atoms with E-state index in [1.54, 1.807) is 0 Å². The molecule has 0 saturated carbocycles. The highest BCUT2D eigenvalue weighted by Gasteiger charge is 2.21. The number of hydrogen-bond donors (Lipinski definition) is 1. The van der Waals surface area contributed by atoms with Gasteiger partial charge in [0.2, 0.25) is 0 Å². The molecular weight excluding hydrogens is 252 g/mol. The Bertz CT molecular complexity index is 411. The molecule has 1 aromatic rings. The number of hydrogen-bond acceptors (Lipinski definition) is 3.